The summed E-state index contributed by atoms with van der Waals surface area (Å²) in [6.07, 6.45) is 0.180. The molecule has 0 bridgehead atoms. The van der Waals surface area contributed by atoms with Gasteiger partial charge in [-0.25, -0.2) is 13.6 Å². The summed E-state index contributed by atoms with van der Waals surface area (Å²) in [4.78, 5) is 37.5. The van der Waals surface area contributed by atoms with Gasteiger partial charge in [-0.05, 0) is 30.5 Å². The number of halogens is 2. The van der Waals surface area contributed by atoms with E-state index in [2.05, 4.69) is 15.4 Å². The number of nitrogens with one attached hydrogen (secondary N) is 2. The number of esters is 1. The van der Waals surface area contributed by atoms with Crippen LogP contribution in [0.15, 0.2) is 24.3 Å². The summed E-state index contributed by atoms with van der Waals surface area (Å²) in [5.41, 5.74) is 0.617. The molecule has 0 radical (unpaired) electrons. The Kier molecular flexibility index (Phi) is 5.93. The number of benzene rings is 1. The summed E-state index contributed by atoms with van der Waals surface area (Å²) < 4.78 is 31.2. The monoisotopic (exact) mass is 395 g/mol. The molecular formula is C19H23F2N3O4. The Balaban J connectivity index is 1.49. The van der Waals surface area contributed by atoms with Crippen LogP contribution in [-0.4, -0.2) is 67.9 Å². The number of alkyl halides is 2. The summed E-state index contributed by atoms with van der Waals surface area (Å²) in [6, 6.07) is 5.70. The van der Waals surface area contributed by atoms with Crippen molar-refractivity contribution in [1.29, 1.82) is 0 Å². The van der Waals surface area contributed by atoms with Crippen LogP contribution in [0.4, 0.5) is 8.78 Å². The largest absolute Gasteiger partial charge is 0.465 e. The second-order valence-corrected chi connectivity index (χ2v) is 7.21. The molecule has 2 aliphatic heterocycles. The third kappa shape index (κ3) is 4.64. The normalized spacial score (nSPS) is 23.5. The van der Waals surface area contributed by atoms with Crippen molar-refractivity contribution < 1.29 is 27.9 Å². The lowest BCUT2D eigenvalue weighted by molar-refractivity contribution is -0.133. The van der Waals surface area contributed by atoms with Crippen molar-refractivity contribution in [2.24, 2.45) is 5.92 Å². The predicted molar refractivity (Wildman–Crippen MR) is 96.2 cm³/mol. The average molecular weight is 395 g/mol. The molecule has 2 atom stereocenters. The highest BCUT2D eigenvalue weighted by atomic mass is 19.3. The highest BCUT2D eigenvalue weighted by molar-refractivity contribution is 5.97. The van der Waals surface area contributed by atoms with E-state index in [-0.39, 0.29) is 36.3 Å². The zero-order valence-electron chi connectivity index (χ0n) is 15.5. The molecule has 0 saturated carbocycles. The summed E-state index contributed by atoms with van der Waals surface area (Å²) in [6.45, 7) is 0.404. The number of hydrogen-bond acceptors (Lipinski definition) is 5. The number of amides is 2. The number of carbonyl (C=O) groups is 3. The first-order valence-corrected chi connectivity index (χ1v) is 9.15. The minimum Gasteiger partial charge on any atom is -0.465 e. The maximum absolute atomic E-state index is 13.3. The molecule has 152 valence electrons. The molecule has 2 amide bonds. The second kappa shape index (κ2) is 8.22. The van der Waals surface area contributed by atoms with Crippen molar-refractivity contribution >= 4 is 17.8 Å². The van der Waals surface area contributed by atoms with Crippen LogP contribution < -0.4 is 10.6 Å². The van der Waals surface area contributed by atoms with Crippen LogP contribution in [0.5, 0.6) is 0 Å². The molecule has 1 aromatic rings. The molecule has 0 aromatic heterocycles. The first kappa shape index (κ1) is 20.2. The van der Waals surface area contributed by atoms with Gasteiger partial charge < -0.3 is 20.3 Å². The lowest BCUT2D eigenvalue weighted by Crippen LogP contribution is -2.43. The lowest BCUT2D eigenvalue weighted by Gasteiger charge is -2.20. The topological polar surface area (TPSA) is 87.7 Å². The van der Waals surface area contributed by atoms with Gasteiger partial charge in [0.25, 0.3) is 11.8 Å². The van der Waals surface area contributed by atoms with Crippen molar-refractivity contribution in [3.05, 3.63) is 35.4 Å². The molecule has 2 N–H and O–H groups in total. The minimum atomic E-state index is -2.81. The zero-order valence-corrected chi connectivity index (χ0v) is 15.5. The summed E-state index contributed by atoms with van der Waals surface area (Å²) in [5.74, 6) is -3.95. The second-order valence-electron chi connectivity index (χ2n) is 7.21. The molecule has 0 aliphatic carbocycles. The molecule has 0 spiro atoms. The maximum Gasteiger partial charge on any atom is 0.337 e. The van der Waals surface area contributed by atoms with Gasteiger partial charge in [-0.1, -0.05) is 6.07 Å². The Labute approximate surface area is 161 Å². The number of carbonyl (C=O) groups excluding carboxylic acids is 3. The Bertz CT molecular complexity index is 771. The van der Waals surface area contributed by atoms with Crippen molar-refractivity contribution in [2.45, 2.75) is 24.8 Å². The number of rotatable bonds is 5. The van der Waals surface area contributed by atoms with Crippen molar-refractivity contribution in [2.75, 3.05) is 33.3 Å². The molecule has 7 nitrogen and oxygen atoms in total. The molecule has 2 fully saturated rings. The van der Waals surface area contributed by atoms with Gasteiger partial charge in [0.15, 0.2) is 0 Å². The van der Waals surface area contributed by atoms with Gasteiger partial charge in [-0.2, -0.15) is 0 Å². The van der Waals surface area contributed by atoms with E-state index < -0.39 is 24.5 Å². The van der Waals surface area contributed by atoms with E-state index >= 15 is 0 Å². The summed E-state index contributed by atoms with van der Waals surface area (Å²) >= 11 is 0. The third-order valence-corrected chi connectivity index (χ3v) is 5.10. The number of methoxy groups -OCH3 is 1. The van der Waals surface area contributed by atoms with E-state index in [1.165, 1.54) is 18.1 Å². The molecule has 2 aliphatic rings. The quantitative estimate of drug-likeness (QED) is 0.728. The van der Waals surface area contributed by atoms with Crippen LogP contribution >= 0.6 is 0 Å². The summed E-state index contributed by atoms with van der Waals surface area (Å²) in [7, 11) is 1.27. The van der Waals surface area contributed by atoms with E-state index in [9.17, 15) is 23.2 Å². The van der Waals surface area contributed by atoms with Crippen LogP contribution in [0.3, 0.4) is 0 Å². The lowest BCUT2D eigenvalue weighted by atomic mass is 10.0. The van der Waals surface area contributed by atoms with E-state index in [0.29, 0.717) is 25.1 Å². The maximum atomic E-state index is 13.3. The molecule has 2 saturated heterocycles. The summed E-state index contributed by atoms with van der Waals surface area (Å²) in [5, 5.41) is 5.85. The fourth-order valence-corrected chi connectivity index (χ4v) is 3.54. The van der Waals surface area contributed by atoms with E-state index in [1.807, 2.05) is 0 Å². The SMILES string of the molecule is COC(=O)c1cccc(C(=O)NCC2CN[C@H](C(=O)N3CCC(F)(F)C3)C2)c1. The molecule has 1 unspecified atom stereocenters. The fraction of sp³-hybridized carbons (Fsp3) is 0.526. The van der Waals surface area contributed by atoms with Gasteiger partial charge in [0.1, 0.15) is 0 Å². The van der Waals surface area contributed by atoms with E-state index in [1.54, 1.807) is 18.2 Å². The van der Waals surface area contributed by atoms with Crippen LogP contribution in [-0.2, 0) is 9.53 Å². The number of hydrogen-bond donors (Lipinski definition) is 2. The Morgan fingerprint density at radius 1 is 1.32 bits per heavy atom. The number of nitrogens with zero attached hydrogens (tertiary/aromatic N) is 1. The highest BCUT2D eigenvalue weighted by Crippen LogP contribution is 2.28. The van der Waals surface area contributed by atoms with Crippen molar-refractivity contribution in [3.8, 4) is 0 Å². The first-order chi connectivity index (χ1) is 13.3. The molecule has 2 heterocycles. The molecular weight excluding hydrogens is 372 g/mol. The van der Waals surface area contributed by atoms with Crippen molar-refractivity contribution in [3.63, 3.8) is 0 Å². The highest BCUT2D eigenvalue weighted by Gasteiger charge is 2.43. The predicted octanol–water partition coefficient (Wildman–Crippen LogP) is 1.05. The fourth-order valence-electron chi connectivity index (χ4n) is 3.54. The van der Waals surface area contributed by atoms with Crippen molar-refractivity contribution in [1.82, 2.24) is 15.5 Å². The molecule has 28 heavy (non-hydrogen) atoms. The van der Waals surface area contributed by atoms with Gasteiger partial charge in [-0.3, -0.25) is 9.59 Å². The Hall–Kier alpha value is -2.55. The molecule has 9 heteroatoms. The minimum absolute atomic E-state index is 0.0183. The number of likely N-dealkylation sites (tertiary alicyclic amines) is 1. The van der Waals surface area contributed by atoms with Gasteiger partial charge in [0.05, 0.1) is 25.3 Å². The molecule has 1 aromatic carbocycles. The zero-order chi connectivity index (χ0) is 20.3. The van der Waals surface area contributed by atoms with E-state index in [0.717, 1.165) is 0 Å². The Morgan fingerprint density at radius 3 is 2.75 bits per heavy atom. The average Bonchev–Trinajstić information content (AvgIpc) is 3.31. The van der Waals surface area contributed by atoms with Gasteiger partial charge in [0, 0.05) is 31.6 Å². The van der Waals surface area contributed by atoms with Gasteiger partial charge in [-0.15, -0.1) is 0 Å². The number of ether oxygens (including phenoxy) is 1. The van der Waals surface area contributed by atoms with Crippen LogP contribution in [0.2, 0.25) is 0 Å². The first-order valence-electron chi connectivity index (χ1n) is 9.15. The van der Waals surface area contributed by atoms with Gasteiger partial charge >= 0.3 is 5.97 Å². The van der Waals surface area contributed by atoms with Crippen LogP contribution in [0, 0.1) is 5.92 Å². The molecule has 3 rings (SSSR count). The smallest absolute Gasteiger partial charge is 0.337 e. The van der Waals surface area contributed by atoms with Crippen LogP contribution in [0.25, 0.3) is 0 Å². The third-order valence-electron chi connectivity index (χ3n) is 5.10. The van der Waals surface area contributed by atoms with Gasteiger partial charge in [0.2, 0.25) is 5.91 Å². The van der Waals surface area contributed by atoms with Crippen LogP contribution in [0.1, 0.15) is 33.6 Å². The standard InChI is InChI=1S/C19H23F2N3O4/c1-28-18(27)14-4-2-3-13(8-14)16(25)23-10-12-7-15(22-9-12)17(26)24-6-5-19(20,21)11-24/h2-4,8,12,15,22H,5-7,9-11H2,1H3,(H,23,25)/t12?,15-/m0/s1. The Morgan fingerprint density at radius 2 is 2.07 bits per heavy atom. The van der Waals surface area contributed by atoms with E-state index in [4.69, 9.17) is 0 Å².